The third kappa shape index (κ3) is 13.9. The molecule has 0 saturated heterocycles. The van der Waals surface area contributed by atoms with E-state index >= 15 is 0 Å². The van der Waals surface area contributed by atoms with Crippen molar-refractivity contribution < 1.29 is 32.0 Å². The van der Waals surface area contributed by atoms with Crippen molar-refractivity contribution in [3.8, 4) is 67.3 Å². The highest BCUT2D eigenvalue weighted by atomic mass is 14.9. The zero-order valence-corrected chi connectivity index (χ0v) is 48.3. The third-order valence-corrected chi connectivity index (χ3v) is 14.5. The molecule has 10 rings (SSSR count). The number of aryl methyl sites for hydroxylation is 16. The Bertz CT molecular complexity index is 4100. The van der Waals surface area contributed by atoms with Crippen LogP contribution in [0, 0.1) is 69.1 Å². The van der Waals surface area contributed by atoms with Crippen molar-refractivity contribution in [2.75, 3.05) is 0 Å². The number of hydrogen-bond acceptors (Lipinski definition) is 0. The first-order valence-electron chi connectivity index (χ1n) is 31.6. The number of pyridine rings is 4. The van der Waals surface area contributed by atoms with Gasteiger partial charge < -0.3 is 0 Å². The lowest BCUT2D eigenvalue weighted by Crippen LogP contribution is -2.32. The third-order valence-electron chi connectivity index (χ3n) is 14.5. The molecule has 0 bridgehead atoms. The Morgan fingerprint density at radius 1 is 0.308 bits per heavy atom. The lowest BCUT2D eigenvalue weighted by Gasteiger charge is -2.10. The van der Waals surface area contributed by atoms with Crippen LogP contribution in [0.15, 0.2) is 195 Å². The molecule has 0 amide bonds. The SMILES string of the molecule is Cc1cc(-c2ccccc2C)[n+](C)cc1-c1ccccc1.[2H]C([2H])(C)c1c[n+](C)c(-c2ccccc2C)cc1C.[2H]C([2H])([2H])c1ccc(-c2cc(C)c(-c3ccccc3)c[n+]2C)c(C)c1.[2H]C([2H])([2H])c1ccc(-c2cc(C)c(C([2H])([2H])C)c[n+]2C)c(C)c1. The number of rotatable bonds is 8. The molecule has 0 aliphatic rings. The molecule has 0 atom stereocenters. The quantitative estimate of drug-likeness (QED) is 0.135. The summed E-state index contributed by atoms with van der Waals surface area (Å²) in [5.41, 5.74) is 24.7. The van der Waals surface area contributed by atoms with E-state index < -0.39 is 26.4 Å². The standard InChI is InChI=1S/C21H22N.C20H20N.C17H22N.C16H20N/c1-15-10-11-19(16(2)12-15)21-13-17(3)20(14-22(21)4)18-8-6-5-7-9-18;1-15-9-7-8-12-18(15)20-13-16(2)19(14-21(20)3)17-10-5-4-6-11-17;1-6-15-11-18(5)17(10-13(15)3)16-8-7-12(2)9-14(16)4;1-5-14-11-17(4)16(10-13(14)3)15-9-7-6-8-12(15)2/h5-14H,1-4H3;4-14H,1-3H3;7-11H,6H2,1-5H3;6-11H,5H2,1-4H3/q4*+1/i1D3;;2D3,6D2;5D2. The highest BCUT2D eigenvalue weighted by Crippen LogP contribution is 2.30. The first kappa shape index (κ1) is 45.0. The van der Waals surface area contributed by atoms with Gasteiger partial charge in [0.15, 0.2) is 24.8 Å². The minimum Gasteiger partial charge on any atom is -0.201 e. The normalized spacial score (nSPS) is 13.3. The molecule has 4 heterocycles. The second kappa shape index (κ2) is 26.3. The van der Waals surface area contributed by atoms with Crippen LogP contribution in [0.1, 0.15) is 94.3 Å². The summed E-state index contributed by atoms with van der Waals surface area (Å²) in [6.07, 6.45) is 5.36. The van der Waals surface area contributed by atoms with E-state index in [0.717, 1.165) is 56.0 Å². The summed E-state index contributed by atoms with van der Waals surface area (Å²) in [5.74, 6) is 0. The van der Waals surface area contributed by atoms with Crippen molar-refractivity contribution in [2.24, 2.45) is 28.2 Å². The van der Waals surface area contributed by atoms with Crippen LogP contribution in [0.25, 0.3) is 67.3 Å². The molecule has 0 fully saturated rings. The van der Waals surface area contributed by atoms with Gasteiger partial charge in [0.25, 0.3) is 0 Å². The highest BCUT2D eigenvalue weighted by molar-refractivity contribution is 5.71. The fourth-order valence-electron chi connectivity index (χ4n) is 10.1. The van der Waals surface area contributed by atoms with E-state index in [0.29, 0.717) is 16.7 Å². The fourth-order valence-corrected chi connectivity index (χ4v) is 10.1. The van der Waals surface area contributed by atoms with Gasteiger partial charge in [0.2, 0.25) is 22.8 Å². The Kier molecular flexibility index (Phi) is 15.2. The second-order valence-corrected chi connectivity index (χ2v) is 20.4. The molecule has 4 aromatic heterocycles. The molecule has 0 unspecified atom stereocenters. The van der Waals surface area contributed by atoms with Crippen LogP contribution in [-0.4, -0.2) is 0 Å². The average Bonchev–Trinajstić information content (AvgIpc) is 1.18. The van der Waals surface area contributed by atoms with Gasteiger partial charge >= 0.3 is 0 Å². The van der Waals surface area contributed by atoms with Gasteiger partial charge in [0.05, 0.1) is 0 Å². The van der Waals surface area contributed by atoms with E-state index in [-0.39, 0.29) is 0 Å². The lowest BCUT2D eigenvalue weighted by atomic mass is 9.97. The topological polar surface area (TPSA) is 15.5 Å². The summed E-state index contributed by atoms with van der Waals surface area (Å²) in [6.45, 7) is 15.2. The number of benzene rings is 6. The maximum Gasteiger partial charge on any atom is 0.212 e. The summed E-state index contributed by atoms with van der Waals surface area (Å²) < 4.78 is 85.0. The van der Waals surface area contributed by atoms with Crippen LogP contribution in [0.4, 0.5) is 0 Å². The van der Waals surface area contributed by atoms with E-state index in [1.165, 1.54) is 61.3 Å². The van der Waals surface area contributed by atoms with Crippen molar-refractivity contribution >= 4 is 0 Å². The molecule has 6 aromatic carbocycles. The van der Waals surface area contributed by atoms with Gasteiger partial charge in [-0.2, -0.15) is 0 Å². The Morgan fingerprint density at radius 3 is 0.923 bits per heavy atom. The molecule has 0 aliphatic carbocycles. The molecule has 396 valence electrons. The molecule has 10 aromatic rings. The highest BCUT2D eigenvalue weighted by Gasteiger charge is 2.20. The largest absolute Gasteiger partial charge is 0.212 e. The maximum atomic E-state index is 7.92. The van der Waals surface area contributed by atoms with Gasteiger partial charge in [-0.1, -0.05) is 146 Å². The van der Waals surface area contributed by atoms with E-state index in [1.54, 1.807) is 38.1 Å². The van der Waals surface area contributed by atoms with Crippen LogP contribution >= 0.6 is 0 Å². The Labute approximate surface area is 482 Å². The van der Waals surface area contributed by atoms with Gasteiger partial charge in [-0.15, -0.1) is 0 Å². The summed E-state index contributed by atoms with van der Waals surface area (Å²) in [6, 6.07) is 56.7. The summed E-state index contributed by atoms with van der Waals surface area (Å²) >= 11 is 0. The molecule has 78 heavy (non-hydrogen) atoms. The van der Waals surface area contributed by atoms with E-state index in [1.807, 2.05) is 119 Å². The molecular weight excluding hydrogens is 945 g/mol. The predicted molar refractivity (Wildman–Crippen MR) is 329 cm³/mol. The molecule has 0 spiro atoms. The number of nitrogens with zero attached hydrogens (tertiary/aromatic N) is 4. The fraction of sp³-hybridized carbons (Fsp3) is 0.243. The molecule has 0 radical (unpaired) electrons. The van der Waals surface area contributed by atoms with Crippen molar-refractivity contribution in [1.29, 1.82) is 0 Å². The van der Waals surface area contributed by atoms with Crippen LogP contribution in [0.2, 0.25) is 0 Å². The van der Waals surface area contributed by atoms with E-state index in [2.05, 4.69) is 153 Å². The summed E-state index contributed by atoms with van der Waals surface area (Å²) in [4.78, 5) is 0. The average molecular weight is 1040 g/mol. The Morgan fingerprint density at radius 2 is 0.603 bits per heavy atom. The van der Waals surface area contributed by atoms with Gasteiger partial charge in [-0.05, 0) is 162 Å². The summed E-state index contributed by atoms with van der Waals surface area (Å²) in [7, 11) is 7.99. The molecule has 4 heteroatoms. The predicted octanol–water partition coefficient (Wildman–Crippen LogP) is 16.3. The second-order valence-electron chi connectivity index (χ2n) is 20.4. The van der Waals surface area contributed by atoms with Crippen molar-refractivity contribution in [3.63, 3.8) is 0 Å². The molecule has 4 nitrogen and oxygen atoms in total. The van der Waals surface area contributed by atoms with E-state index in [9.17, 15) is 0 Å². The maximum absolute atomic E-state index is 7.92. The van der Waals surface area contributed by atoms with Crippen LogP contribution in [0.5, 0.6) is 0 Å². The van der Waals surface area contributed by atoms with Gasteiger partial charge in [-0.25, -0.2) is 18.3 Å². The van der Waals surface area contributed by atoms with Crippen molar-refractivity contribution in [2.45, 2.75) is 95.7 Å². The lowest BCUT2D eigenvalue weighted by molar-refractivity contribution is -0.661. The smallest absolute Gasteiger partial charge is 0.201 e. The first-order valence-corrected chi connectivity index (χ1v) is 26.6. The van der Waals surface area contributed by atoms with E-state index in [4.69, 9.17) is 13.7 Å². The minimum absolute atomic E-state index is 0.333. The molecular formula is C74H84N4+4. The van der Waals surface area contributed by atoms with Crippen LogP contribution in [-0.2, 0) is 40.9 Å². The zero-order valence-electron chi connectivity index (χ0n) is 58.3. The number of hydrogen-bond donors (Lipinski definition) is 0. The Balaban J connectivity index is 0.000000168. The van der Waals surface area contributed by atoms with Crippen molar-refractivity contribution in [3.05, 3.63) is 261 Å². The van der Waals surface area contributed by atoms with Gasteiger partial charge in [0, 0.05) is 82.5 Å². The first-order chi connectivity index (χ1) is 41.1. The monoisotopic (exact) mass is 1040 g/mol. The van der Waals surface area contributed by atoms with Crippen molar-refractivity contribution in [1.82, 2.24) is 0 Å². The van der Waals surface area contributed by atoms with Gasteiger partial charge in [-0.3, -0.25) is 0 Å². The summed E-state index contributed by atoms with van der Waals surface area (Å²) in [5, 5.41) is 0. The molecule has 0 saturated carbocycles. The van der Waals surface area contributed by atoms with Crippen LogP contribution in [0.3, 0.4) is 0 Å². The molecule has 0 aliphatic heterocycles. The molecule has 0 N–H and O–H groups in total. The van der Waals surface area contributed by atoms with Crippen LogP contribution < -0.4 is 18.3 Å². The number of aromatic nitrogens is 4. The Hall–Kier alpha value is -8.08. The minimum atomic E-state index is -2.11. The zero-order chi connectivity index (χ0) is 64.8. The van der Waals surface area contributed by atoms with Gasteiger partial charge in [0.1, 0.15) is 28.2 Å².